The number of ether oxygens (including phenoxy) is 1. The Morgan fingerprint density at radius 1 is 1.26 bits per heavy atom. The predicted molar refractivity (Wildman–Crippen MR) is 67.1 cm³/mol. The number of methoxy groups -OCH3 is 1. The second-order valence-electron chi connectivity index (χ2n) is 4.55. The summed E-state index contributed by atoms with van der Waals surface area (Å²) in [6, 6.07) is 4.25. The van der Waals surface area contributed by atoms with Gasteiger partial charge < -0.3 is 10.1 Å². The Balaban J connectivity index is 1.92. The van der Waals surface area contributed by atoms with Gasteiger partial charge in [-0.05, 0) is 18.9 Å². The molecule has 3 rings (SSSR count). The Bertz CT molecular complexity index is 608. The molecule has 2 aromatic rings. The monoisotopic (exact) mass is 265 g/mol. The van der Waals surface area contributed by atoms with Crippen LogP contribution in [0.5, 0.6) is 5.75 Å². The molecule has 0 bridgehead atoms. The molecule has 0 aliphatic heterocycles. The van der Waals surface area contributed by atoms with Gasteiger partial charge in [0, 0.05) is 23.7 Å². The van der Waals surface area contributed by atoms with E-state index in [2.05, 4.69) is 15.5 Å². The normalized spacial score (nSPS) is 14.5. The summed E-state index contributed by atoms with van der Waals surface area (Å²) < 4.78 is 32.2. The maximum Gasteiger partial charge on any atom is 0.165 e. The molecule has 19 heavy (non-hydrogen) atoms. The first-order valence-electron chi connectivity index (χ1n) is 6.02. The zero-order chi connectivity index (χ0) is 13.4. The molecular weight excluding hydrogens is 252 g/mol. The lowest BCUT2D eigenvalue weighted by atomic mass is 10.1. The van der Waals surface area contributed by atoms with Crippen LogP contribution in [-0.4, -0.2) is 23.3 Å². The van der Waals surface area contributed by atoms with E-state index < -0.39 is 11.6 Å². The van der Waals surface area contributed by atoms with Crippen molar-refractivity contribution in [2.75, 3.05) is 12.4 Å². The van der Waals surface area contributed by atoms with E-state index in [9.17, 15) is 8.78 Å². The molecule has 0 spiro atoms. The van der Waals surface area contributed by atoms with Crippen LogP contribution in [0.15, 0.2) is 18.2 Å². The lowest BCUT2D eigenvalue weighted by molar-refractivity contribution is 0.383. The third-order valence-electron chi connectivity index (χ3n) is 3.04. The molecule has 6 heteroatoms. The predicted octanol–water partition coefficient (Wildman–Crippen LogP) is 2.94. The summed E-state index contributed by atoms with van der Waals surface area (Å²) in [6.45, 7) is 0. The molecule has 1 saturated carbocycles. The van der Waals surface area contributed by atoms with Crippen molar-refractivity contribution in [3.8, 4) is 17.0 Å². The molecule has 4 nitrogen and oxygen atoms in total. The van der Waals surface area contributed by atoms with Gasteiger partial charge in [-0.3, -0.25) is 5.10 Å². The van der Waals surface area contributed by atoms with E-state index >= 15 is 0 Å². The average Bonchev–Trinajstić information content (AvgIpc) is 3.08. The molecule has 0 saturated heterocycles. The van der Waals surface area contributed by atoms with Crippen LogP contribution >= 0.6 is 0 Å². The topological polar surface area (TPSA) is 49.9 Å². The molecule has 2 N–H and O–H groups in total. The van der Waals surface area contributed by atoms with Crippen molar-refractivity contribution in [2.24, 2.45) is 0 Å². The third-order valence-corrected chi connectivity index (χ3v) is 3.04. The van der Waals surface area contributed by atoms with Crippen molar-refractivity contribution in [3.05, 3.63) is 29.8 Å². The highest BCUT2D eigenvalue weighted by molar-refractivity contribution is 5.64. The van der Waals surface area contributed by atoms with Crippen LogP contribution in [0.4, 0.5) is 14.6 Å². The quantitative estimate of drug-likeness (QED) is 0.893. The Morgan fingerprint density at radius 3 is 2.74 bits per heavy atom. The SMILES string of the molecule is COc1cc(F)c(-c2cc(NC3CC3)n[nH]2)cc1F. The molecule has 1 aliphatic carbocycles. The van der Waals surface area contributed by atoms with Crippen molar-refractivity contribution in [3.63, 3.8) is 0 Å². The third kappa shape index (κ3) is 2.38. The number of aromatic nitrogens is 2. The lowest BCUT2D eigenvalue weighted by Gasteiger charge is -2.05. The molecule has 0 amide bonds. The van der Waals surface area contributed by atoms with Crippen LogP contribution in [0.2, 0.25) is 0 Å². The molecule has 1 aromatic carbocycles. The molecule has 0 unspecified atom stereocenters. The van der Waals surface area contributed by atoms with E-state index in [4.69, 9.17) is 4.74 Å². The second-order valence-corrected chi connectivity index (χ2v) is 4.55. The minimum atomic E-state index is -0.606. The van der Waals surface area contributed by atoms with E-state index in [1.807, 2.05) is 0 Å². The largest absolute Gasteiger partial charge is 0.494 e. The highest BCUT2D eigenvalue weighted by Gasteiger charge is 2.22. The van der Waals surface area contributed by atoms with Gasteiger partial charge in [0.25, 0.3) is 0 Å². The van der Waals surface area contributed by atoms with Crippen LogP contribution in [0, 0.1) is 11.6 Å². The average molecular weight is 265 g/mol. The molecule has 0 atom stereocenters. The molecule has 0 radical (unpaired) electrons. The summed E-state index contributed by atoms with van der Waals surface area (Å²) in [5.41, 5.74) is 0.567. The fourth-order valence-electron chi connectivity index (χ4n) is 1.86. The number of H-pyrrole nitrogens is 1. The molecule has 1 heterocycles. The number of aromatic amines is 1. The highest BCUT2D eigenvalue weighted by atomic mass is 19.1. The smallest absolute Gasteiger partial charge is 0.165 e. The lowest BCUT2D eigenvalue weighted by Crippen LogP contribution is -2.00. The number of nitrogens with one attached hydrogen (secondary N) is 2. The van der Waals surface area contributed by atoms with Gasteiger partial charge in [0.2, 0.25) is 0 Å². The van der Waals surface area contributed by atoms with Gasteiger partial charge in [0.1, 0.15) is 11.6 Å². The maximum atomic E-state index is 13.9. The fraction of sp³-hybridized carbons (Fsp3) is 0.308. The molecular formula is C13H13F2N3O. The van der Waals surface area contributed by atoms with E-state index in [1.54, 1.807) is 6.07 Å². The van der Waals surface area contributed by atoms with Crippen molar-refractivity contribution in [1.82, 2.24) is 10.2 Å². The van der Waals surface area contributed by atoms with Crippen molar-refractivity contribution < 1.29 is 13.5 Å². The highest BCUT2D eigenvalue weighted by Crippen LogP contribution is 2.30. The Morgan fingerprint density at radius 2 is 2.05 bits per heavy atom. The zero-order valence-corrected chi connectivity index (χ0v) is 10.3. The number of nitrogens with zero attached hydrogens (tertiary/aromatic N) is 1. The second kappa shape index (κ2) is 4.53. The van der Waals surface area contributed by atoms with Crippen LogP contribution in [0.25, 0.3) is 11.3 Å². The number of rotatable bonds is 4. The van der Waals surface area contributed by atoms with Crippen molar-refractivity contribution in [1.29, 1.82) is 0 Å². The summed E-state index contributed by atoms with van der Waals surface area (Å²) in [7, 11) is 1.30. The van der Waals surface area contributed by atoms with Crippen LogP contribution in [-0.2, 0) is 0 Å². The van der Waals surface area contributed by atoms with Gasteiger partial charge in [-0.15, -0.1) is 0 Å². The summed E-state index contributed by atoms with van der Waals surface area (Å²) in [5, 5.41) is 9.91. The first-order valence-corrected chi connectivity index (χ1v) is 6.02. The summed E-state index contributed by atoms with van der Waals surface area (Å²) >= 11 is 0. The molecule has 1 aliphatic rings. The van der Waals surface area contributed by atoms with Crippen molar-refractivity contribution >= 4 is 5.82 Å². The van der Waals surface area contributed by atoms with Crippen molar-refractivity contribution in [2.45, 2.75) is 18.9 Å². The Labute approximate surface area is 108 Å². The number of halogens is 2. The maximum absolute atomic E-state index is 13.9. The van der Waals surface area contributed by atoms with Crippen LogP contribution in [0.1, 0.15) is 12.8 Å². The first-order chi connectivity index (χ1) is 9.17. The van der Waals surface area contributed by atoms with Crippen LogP contribution < -0.4 is 10.1 Å². The number of hydrogen-bond acceptors (Lipinski definition) is 3. The zero-order valence-electron chi connectivity index (χ0n) is 10.3. The summed E-state index contributed by atoms with van der Waals surface area (Å²) in [6.07, 6.45) is 2.24. The van der Waals surface area contributed by atoms with E-state index in [0.29, 0.717) is 17.6 Å². The standard InChI is InChI=1S/C13H13F2N3O/c1-19-12-5-9(14)8(4-10(12)15)11-6-13(18-17-11)16-7-2-3-7/h4-7H,2-3H2,1H3,(H2,16,17,18). The minimum Gasteiger partial charge on any atom is -0.494 e. The Hall–Kier alpha value is -2.11. The number of hydrogen-bond donors (Lipinski definition) is 2. The first kappa shape index (κ1) is 12.0. The number of anilines is 1. The fourth-order valence-corrected chi connectivity index (χ4v) is 1.86. The van der Waals surface area contributed by atoms with E-state index in [-0.39, 0.29) is 11.3 Å². The van der Waals surface area contributed by atoms with Gasteiger partial charge in [0.15, 0.2) is 11.6 Å². The molecule has 1 fully saturated rings. The van der Waals surface area contributed by atoms with Gasteiger partial charge in [-0.2, -0.15) is 5.10 Å². The Kier molecular flexibility index (Phi) is 2.85. The van der Waals surface area contributed by atoms with Gasteiger partial charge >= 0.3 is 0 Å². The van der Waals surface area contributed by atoms with E-state index in [1.165, 1.54) is 7.11 Å². The van der Waals surface area contributed by atoms with Gasteiger partial charge in [-0.1, -0.05) is 0 Å². The van der Waals surface area contributed by atoms with Crippen LogP contribution in [0.3, 0.4) is 0 Å². The van der Waals surface area contributed by atoms with Gasteiger partial charge in [0.05, 0.1) is 12.8 Å². The number of benzene rings is 1. The molecule has 100 valence electrons. The summed E-state index contributed by atoms with van der Waals surface area (Å²) in [4.78, 5) is 0. The van der Waals surface area contributed by atoms with Gasteiger partial charge in [-0.25, -0.2) is 8.78 Å². The minimum absolute atomic E-state index is 0.114. The van der Waals surface area contributed by atoms with E-state index in [0.717, 1.165) is 25.0 Å². The molecule has 1 aromatic heterocycles. The summed E-state index contributed by atoms with van der Waals surface area (Å²) in [5.74, 6) is -0.629.